The number of nitrogens with zero attached hydrogens (tertiary/aromatic N) is 4. The predicted molar refractivity (Wildman–Crippen MR) is 100 cm³/mol. The Morgan fingerprint density at radius 3 is 2.56 bits per heavy atom. The maximum Gasteiger partial charge on any atom is 0.227 e. The lowest BCUT2D eigenvalue weighted by atomic mass is 9.72. The fraction of sp³-hybridized carbons (Fsp3) is 0.450. The van der Waals surface area contributed by atoms with Crippen molar-refractivity contribution in [3.8, 4) is 0 Å². The van der Waals surface area contributed by atoms with Crippen LogP contribution in [0.3, 0.4) is 0 Å². The van der Waals surface area contributed by atoms with E-state index in [1.807, 2.05) is 23.1 Å². The van der Waals surface area contributed by atoms with Gasteiger partial charge in [0.05, 0.1) is 6.42 Å². The molecule has 1 saturated carbocycles. The topological polar surface area (TPSA) is 49.3 Å². The third-order valence-corrected chi connectivity index (χ3v) is 6.04. The van der Waals surface area contributed by atoms with Crippen molar-refractivity contribution >= 4 is 23.3 Å². The number of hydrogen-bond acceptors (Lipinski definition) is 4. The van der Waals surface area contributed by atoms with Gasteiger partial charge in [-0.2, -0.15) is 0 Å². The number of carbonyl (C=O) groups is 1. The summed E-state index contributed by atoms with van der Waals surface area (Å²) in [6.07, 6.45) is 2.41. The van der Waals surface area contributed by atoms with E-state index < -0.39 is 0 Å². The molecule has 2 aliphatic heterocycles. The SMILES string of the molecule is O=C(Cc1ccc(C2CC2)c(F)c1)N1CC2(C1)CN(c1ccc(Cl)nn1)C2. The van der Waals surface area contributed by atoms with Crippen LogP contribution in [0.4, 0.5) is 10.2 Å². The van der Waals surface area contributed by atoms with Crippen molar-refractivity contribution in [1.82, 2.24) is 15.1 Å². The molecule has 0 bridgehead atoms. The molecule has 0 radical (unpaired) electrons. The lowest BCUT2D eigenvalue weighted by molar-refractivity contribution is -0.144. The summed E-state index contributed by atoms with van der Waals surface area (Å²) in [6.45, 7) is 3.26. The van der Waals surface area contributed by atoms with E-state index in [2.05, 4.69) is 15.1 Å². The standard InChI is InChI=1S/C20H20ClFN4O/c21-17-5-6-18(24-23-17)25-9-20(10-25)11-26(12-20)19(27)8-13-1-4-15(14-2-3-14)16(22)7-13/h1,4-7,14H,2-3,8-12H2. The van der Waals surface area contributed by atoms with Crippen molar-refractivity contribution in [2.24, 2.45) is 5.41 Å². The minimum absolute atomic E-state index is 0.0731. The Morgan fingerprint density at radius 1 is 1.15 bits per heavy atom. The number of halogens is 2. The second kappa shape index (κ2) is 6.16. The molecule has 1 spiro atoms. The molecule has 0 unspecified atom stereocenters. The van der Waals surface area contributed by atoms with Crippen LogP contribution < -0.4 is 4.90 Å². The van der Waals surface area contributed by atoms with Crippen LogP contribution >= 0.6 is 11.6 Å². The van der Waals surface area contributed by atoms with E-state index in [4.69, 9.17) is 11.6 Å². The summed E-state index contributed by atoms with van der Waals surface area (Å²) in [6, 6.07) is 8.88. The van der Waals surface area contributed by atoms with Crippen LogP contribution in [-0.4, -0.2) is 47.2 Å². The van der Waals surface area contributed by atoms with Gasteiger partial charge in [-0.05, 0) is 48.1 Å². The van der Waals surface area contributed by atoms with Crippen LogP contribution in [0.5, 0.6) is 0 Å². The van der Waals surface area contributed by atoms with Gasteiger partial charge in [0.15, 0.2) is 11.0 Å². The Morgan fingerprint density at radius 2 is 1.93 bits per heavy atom. The minimum atomic E-state index is -0.165. The number of anilines is 1. The first-order valence-electron chi connectivity index (χ1n) is 9.32. The second-order valence-corrected chi connectivity index (χ2v) is 8.51. The molecule has 1 amide bonds. The molecule has 3 heterocycles. The molecule has 140 valence electrons. The number of carbonyl (C=O) groups excluding carboxylic acids is 1. The van der Waals surface area contributed by atoms with Gasteiger partial charge in [-0.1, -0.05) is 23.7 Å². The number of likely N-dealkylation sites (tertiary alicyclic amines) is 1. The maximum atomic E-state index is 14.2. The van der Waals surface area contributed by atoms with Gasteiger partial charge in [0.2, 0.25) is 5.91 Å². The molecule has 1 aromatic heterocycles. The van der Waals surface area contributed by atoms with Gasteiger partial charge in [-0.3, -0.25) is 4.79 Å². The molecule has 3 aliphatic rings. The molecule has 2 aromatic rings. The van der Waals surface area contributed by atoms with E-state index in [1.54, 1.807) is 6.07 Å². The lowest BCUT2D eigenvalue weighted by Crippen LogP contribution is -2.73. The van der Waals surface area contributed by atoms with E-state index in [9.17, 15) is 9.18 Å². The molecular weight excluding hydrogens is 367 g/mol. The summed E-state index contributed by atoms with van der Waals surface area (Å²) >= 11 is 5.77. The van der Waals surface area contributed by atoms with Gasteiger partial charge in [0, 0.05) is 31.6 Å². The Hall–Kier alpha value is -2.21. The highest BCUT2D eigenvalue weighted by atomic mass is 35.5. The van der Waals surface area contributed by atoms with Crippen molar-refractivity contribution in [2.75, 3.05) is 31.1 Å². The fourth-order valence-electron chi connectivity index (χ4n) is 4.24. The first-order chi connectivity index (χ1) is 13.0. The van der Waals surface area contributed by atoms with E-state index in [1.165, 1.54) is 6.07 Å². The Bertz CT molecular complexity index is 885. The number of amides is 1. The third-order valence-electron chi connectivity index (χ3n) is 5.84. The highest BCUT2D eigenvalue weighted by molar-refractivity contribution is 6.29. The number of benzene rings is 1. The van der Waals surface area contributed by atoms with Crippen molar-refractivity contribution < 1.29 is 9.18 Å². The molecule has 1 aromatic carbocycles. The third kappa shape index (κ3) is 3.16. The van der Waals surface area contributed by atoms with Gasteiger partial charge in [0.25, 0.3) is 0 Å². The average molecular weight is 387 g/mol. The number of aromatic nitrogens is 2. The number of hydrogen-bond donors (Lipinski definition) is 0. The van der Waals surface area contributed by atoms with Crippen molar-refractivity contribution in [3.63, 3.8) is 0 Å². The zero-order chi connectivity index (χ0) is 18.6. The quantitative estimate of drug-likeness (QED) is 0.810. The van der Waals surface area contributed by atoms with E-state index in [-0.39, 0.29) is 23.6 Å². The first-order valence-corrected chi connectivity index (χ1v) is 9.69. The molecule has 5 nitrogen and oxygen atoms in total. The summed E-state index contributed by atoms with van der Waals surface area (Å²) in [5.41, 5.74) is 1.72. The van der Waals surface area contributed by atoms with Crippen molar-refractivity contribution in [1.29, 1.82) is 0 Å². The van der Waals surface area contributed by atoms with Crippen LogP contribution in [0.1, 0.15) is 29.9 Å². The van der Waals surface area contributed by atoms with Crippen LogP contribution in [0.2, 0.25) is 5.15 Å². The van der Waals surface area contributed by atoms with E-state index in [0.29, 0.717) is 11.1 Å². The van der Waals surface area contributed by atoms with E-state index in [0.717, 1.165) is 56.0 Å². The predicted octanol–water partition coefficient (Wildman–Crippen LogP) is 3.04. The van der Waals surface area contributed by atoms with Crippen LogP contribution in [-0.2, 0) is 11.2 Å². The normalized spacial score (nSPS) is 20.4. The zero-order valence-corrected chi connectivity index (χ0v) is 15.6. The Balaban J connectivity index is 1.14. The van der Waals surface area contributed by atoms with Gasteiger partial charge >= 0.3 is 0 Å². The van der Waals surface area contributed by atoms with Crippen molar-refractivity contribution in [2.45, 2.75) is 25.2 Å². The molecular formula is C20H20ClFN4O. The van der Waals surface area contributed by atoms with Crippen LogP contribution in [0.15, 0.2) is 30.3 Å². The smallest absolute Gasteiger partial charge is 0.227 e. The molecule has 3 fully saturated rings. The maximum absolute atomic E-state index is 14.2. The summed E-state index contributed by atoms with van der Waals surface area (Å²) in [4.78, 5) is 16.5. The molecule has 2 saturated heterocycles. The van der Waals surface area contributed by atoms with Crippen LogP contribution in [0, 0.1) is 11.2 Å². The molecule has 0 N–H and O–H groups in total. The van der Waals surface area contributed by atoms with Crippen molar-refractivity contribution in [3.05, 3.63) is 52.4 Å². The zero-order valence-electron chi connectivity index (χ0n) is 14.9. The molecule has 1 aliphatic carbocycles. The first kappa shape index (κ1) is 16.9. The highest BCUT2D eigenvalue weighted by Gasteiger charge is 2.53. The molecule has 5 rings (SSSR count). The average Bonchev–Trinajstić information content (AvgIpc) is 3.39. The summed E-state index contributed by atoms with van der Waals surface area (Å²) in [5, 5.41) is 8.35. The van der Waals surface area contributed by atoms with Gasteiger partial charge in [0.1, 0.15) is 5.82 Å². The summed E-state index contributed by atoms with van der Waals surface area (Å²) in [5.74, 6) is 1.11. The minimum Gasteiger partial charge on any atom is -0.354 e. The van der Waals surface area contributed by atoms with Gasteiger partial charge < -0.3 is 9.80 Å². The lowest BCUT2D eigenvalue weighted by Gasteiger charge is -2.60. The number of rotatable bonds is 4. The highest BCUT2D eigenvalue weighted by Crippen LogP contribution is 2.42. The Kier molecular flexibility index (Phi) is 3.86. The molecule has 27 heavy (non-hydrogen) atoms. The van der Waals surface area contributed by atoms with Gasteiger partial charge in [-0.15, -0.1) is 10.2 Å². The summed E-state index contributed by atoms with van der Waals surface area (Å²) < 4.78 is 14.2. The van der Waals surface area contributed by atoms with Crippen LogP contribution in [0.25, 0.3) is 0 Å². The molecule has 7 heteroatoms. The largest absolute Gasteiger partial charge is 0.354 e. The summed E-state index contributed by atoms with van der Waals surface area (Å²) in [7, 11) is 0. The molecule has 0 atom stereocenters. The van der Waals surface area contributed by atoms with Gasteiger partial charge in [-0.25, -0.2) is 4.39 Å². The van der Waals surface area contributed by atoms with E-state index >= 15 is 0 Å². The fourth-order valence-corrected chi connectivity index (χ4v) is 4.34. The monoisotopic (exact) mass is 386 g/mol. The second-order valence-electron chi connectivity index (χ2n) is 8.13. The Labute approximate surface area is 162 Å².